The lowest BCUT2D eigenvalue weighted by Gasteiger charge is -2.05. The van der Waals surface area contributed by atoms with Crippen LogP contribution in [0.5, 0.6) is 0 Å². The summed E-state index contributed by atoms with van der Waals surface area (Å²) >= 11 is 0. The van der Waals surface area contributed by atoms with Gasteiger partial charge in [-0.2, -0.15) is 0 Å². The average Bonchev–Trinajstić information content (AvgIpc) is 2.41. The van der Waals surface area contributed by atoms with Crippen molar-refractivity contribution in [2.24, 2.45) is 0 Å². The van der Waals surface area contributed by atoms with Crippen molar-refractivity contribution in [1.29, 1.82) is 0 Å². The number of Topliss-reactive ketones (excluding diaryl/α,β-unsaturated/α-hetero) is 1. The van der Waals surface area contributed by atoms with Crippen LogP contribution in [0.1, 0.15) is 11.1 Å². The first-order valence-corrected chi connectivity index (χ1v) is 8.07. The van der Waals surface area contributed by atoms with E-state index >= 15 is 0 Å². The van der Waals surface area contributed by atoms with E-state index in [1.165, 1.54) is 36.4 Å². The van der Waals surface area contributed by atoms with Gasteiger partial charge in [0.2, 0.25) is 0 Å². The van der Waals surface area contributed by atoms with Crippen LogP contribution < -0.4 is 0 Å². The Hall–Kier alpha value is -2.01. The molecular weight excluding hydrogens is 291 g/mol. The normalized spacial score (nSPS) is 11.3. The number of rotatable bonds is 5. The number of sulfone groups is 1. The highest BCUT2D eigenvalue weighted by atomic mass is 32.2. The minimum atomic E-state index is -3.63. The fraction of sp³-hybridized carbons (Fsp3) is 0.188. The second-order valence-corrected chi connectivity index (χ2v) is 6.90. The Balaban J connectivity index is 2.07. The van der Waals surface area contributed by atoms with Crippen molar-refractivity contribution in [3.63, 3.8) is 0 Å². The molecule has 110 valence electrons. The molecule has 0 atom stereocenters. The number of hydrogen-bond acceptors (Lipinski definition) is 3. The van der Waals surface area contributed by atoms with Crippen molar-refractivity contribution in [3.8, 4) is 0 Å². The van der Waals surface area contributed by atoms with Crippen LogP contribution in [-0.2, 0) is 21.1 Å². The standard InChI is InChI=1S/C16H15FO3S/c1-12-2-8-16(9-3-12)21(19,20)11-15(18)10-13-4-6-14(17)7-5-13/h2-9H,10-11H2,1H3. The van der Waals surface area contributed by atoms with Crippen molar-refractivity contribution in [2.45, 2.75) is 18.2 Å². The maximum Gasteiger partial charge on any atom is 0.185 e. The summed E-state index contributed by atoms with van der Waals surface area (Å²) in [4.78, 5) is 12.0. The molecule has 2 rings (SSSR count). The molecule has 0 aliphatic heterocycles. The zero-order valence-electron chi connectivity index (χ0n) is 11.5. The van der Waals surface area contributed by atoms with Gasteiger partial charge in [-0.1, -0.05) is 29.8 Å². The van der Waals surface area contributed by atoms with Crippen molar-refractivity contribution < 1.29 is 17.6 Å². The predicted octanol–water partition coefficient (Wildman–Crippen LogP) is 2.72. The zero-order chi connectivity index (χ0) is 15.5. The van der Waals surface area contributed by atoms with E-state index < -0.39 is 27.2 Å². The summed E-state index contributed by atoms with van der Waals surface area (Å²) in [6, 6.07) is 11.8. The van der Waals surface area contributed by atoms with Crippen molar-refractivity contribution >= 4 is 15.6 Å². The molecule has 21 heavy (non-hydrogen) atoms. The van der Waals surface area contributed by atoms with Gasteiger partial charge in [0.25, 0.3) is 0 Å². The monoisotopic (exact) mass is 306 g/mol. The first-order valence-electron chi connectivity index (χ1n) is 6.42. The van der Waals surface area contributed by atoms with Crippen LogP contribution in [0.25, 0.3) is 0 Å². The van der Waals surface area contributed by atoms with Gasteiger partial charge in [0.1, 0.15) is 11.6 Å². The molecule has 0 aliphatic rings. The molecule has 2 aromatic carbocycles. The molecular formula is C16H15FO3S. The largest absolute Gasteiger partial charge is 0.298 e. The summed E-state index contributed by atoms with van der Waals surface area (Å²) in [5, 5.41) is 0. The molecule has 0 aliphatic carbocycles. The molecule has 0 saturated heterocycles. The average molecular weight is 306 g/mol. The second-order valence-electron chi connectivity index (χ2n) is 4.91. The molecule has 0 bridgehead atoms. The summed E-state index contributed by atoms with van der Waals surface area (Å²) in [6.07, 6.45) is -0.0224. The summed E-state index contributed by atoms with van der Waals surface area (Å²) < 4.78 is 37.0. The van der Waals surface area contributed by atoms with E-state index in [4.69, 9.17) is 0 Å². The van der Waals surface area contributed by atoms with Crippen molar-refractivity contribution in [2.75, 3.05) is 5.75 Å². The fourth-order valence-corrected chi connectivity index (χ4v) is 3.17. The smallest absolute Gasteiger partial charge is 0.185 e. The van der Waals surface area contributed by atoms with E-state index in [1.54, 1.807) is 12.1 Å². The molecule has 5 heteroatoms. The van der Waals surface area contributed by atoms with Crippen LogP contribution in [0, 0.1) is 12.7 Å². The molecule has 0 radical (unpaired) electrons. The van der Waals surface area contributed by atoms with E-state index in [2.05, 4.69) is 0 Å². The van der Waals surface area contributed by atoms with E-state index in [0.29, 0.717) is 5.56 Å². The van der Waals surface area contributed by atoms with Crippen LogP contribution in [0.15, 0.2) is 53.4 Å². The highest BCUT2D eigenvalue weighted by Crippen LogP contribution is 2.13. The van der Waals surface area contributed by atoms with E-state index in [0.717, 1.165) is 5.56 Å². The first kappa shape index (κ1) is 15.4. The topological polar surface area (TPSA) is 51.2 Å². The van der Waals surface area contributed by atoms with Crippen LogP contribution in [-0.4, -0.2) is 20.0 Å². The van der Waals surface area contributed by atoms with E-state index in [9.17, 15) is 17.6 Å². The Kier molecular flexibility index (Phi) is 4.53. The number of ketones is 1. The molecule has 0 saturated carbocycles. The highest BCUT2D eigenvalue weighted by Gasteiger charge is 2.19. The molecule has 0 spiro atoms. The molecule has 0 N–H and O–H groups in total. The Morgan fingerprint density at radius 2 is 1.57 bits per heavy atom. The van der Waals surface area contributed by atoms with Crippen molar-refractivity contribution in [3.05, 3.63) is 65.5 Å². The van der Waals surface area contributed by atoms with Gasteiger partial charge in [0, 0.05) is 6.42 Å². The van der Waals surface area contributed by atoms with E-state index in [-0.39, 0.29) is 11.3 Å². The molecule has 0 aromatic heterocycles. The second kappa shape index (κ2) is 6.18. The fourth-order valence-electron chi connectivity index (χ4n) is 1.92. The molecule has 0 fully saturated rings. The molecule has 0 unspecified atom stereocenters. The van der Waals surface area contributed by atoms with Crippen LogP contribution in [0.3, 0.4) is 0 Å². The Bertz CT molecular complexity index is 732. The van der Waals surface area contributed by atoms with Gasteiger partial charge in [-0.25, -0.2) is 12.8 Å². The van der Waals surface area contributed by atoms with Crippen LogP contribution >= 0.6 is 0 Å². The van der Waals surface area contributed by atoms with Gasteiger partial charge in [-0.05, 0) is 36.8 Å². The number of carbonyl (C=O) groups is 1. The van der Waals surface area contributed by atoms with Gasteiger partial charge in [0.05, 0.1) is 4.90 Å². The third-order valence-electron chi connectivity index (χ3n) is 3.05. The van der Waals surface area contributed by atoms with Gasteiger partial charge in [-0.3, -0.25) is 4.79 Å². The SMILES string of the molecule is Cc1ccc(S(=O)(=O)CC(=O)Cc2ccc(F)cc2)cc1. The minimum absolute atomic E-state index is 0.0224. The number of carbonyl (C=O) groups excluding carboxylic acids is 1. The minimum Gasteiger partial charge on any atom is -0.298 e. The molecule has 0 amide bonds. The molecule has 2 aromatic rings. The lowest BCUT2D eigenvalue weighted by Crippen LogP contribution is -2.18. The number of hydrogen-bond donors (Lipinski definition) is 0. The molecule has 3 nitrogen and oxygen atoms in total. The Labute approximate surface area is 123 Å². The van der Waals surface area contributed by atoms with Crippen LogP contribution in [0.4, 0.5) is 4.39 Å². The molecule has 0 heterocycles. The lowest BCUT2D eigenvalue weighted by molar-refractivity contribution is -0.116. The summed E-state index contributed by atoms with van der Waals surface area (Å²) in [7, 11) is -3.63. The quantitative estimate of drug-likeness (QED) is 0.853. The maximum atomic E-state index is 12.8. The number of halogens is 1. The van der Waals surface area contributed by atoms with Gasteiger partial charge >= 0.3 is 0 Å². The summed E-state index contributed by atoms with van der Waals surface area (Å²) in [5.74, 6) is -1.35. The third-order valence-corrected chi connectivity index (χ3v) is 4.74. The first-order chi connectivity index (χ1) is 9.87. The van der Waals surface area contributed by atoms with E-state index in [1.807, 2.05) is 6.92 Å². The van der Waals surface area contributed by atoms with Crippen LogP contribution in [0.2, 0.25) is 0 Å². The Morgan fingerprint density at radius 3 is 2.14 bits per heavy atom. The highest BCUT2D eigenvalue weighted by molar-refractivity contribution is 7.92. The Morgan fingerprint density at radius 1 is 1.00 bits per heavy atom. The summed E-state index contributed by atoms with van der Waals surface area (Å²) in [6.45, 7) is 1.86. The predicted molar refractivity (Wildman–Crippen MR) is 78.3 cm³/mol. The summed E-state index contributed by atoms with van der Waals surface area (Å²) in [5.41, 5.74) is 1.55. The maximum absolute atomic E-state index is 12.8. The number of aryl methyl sites for hydroxylation is 1. The van der Waals surface area contributed by atoms with Gasteiger partial charge in [-0.15, -0.1) is 0 Å². The lowest BCUT2D eigenvalue weighted by atomic mass is 10.1. The third kappa shape index (κ3) is 4.23. The van der Waals surface area contributed by atoms with Crippen molar-refractivity contribution in [1.82, 2.24) is 0 Å². The zero-order valence-corrected chi connectivity index (χ0v) is 12.4. The van der Waals surface area contributed by atoms with Gasteiger partial charge in [0.15, 0.2) is 15.6 Å². The van der Waals surface area contributed by atoms with Gasteiger partial charge < -0.3 is 0 Å². The number of benzene rings is 2.